The van der Waals surface area contributed by atoms with Crippen LogP contribution in [0, 0.1) is 5.82 Å². The molecule has 0 saturated carbocycles. The van der Waals surface area contributed by atoms with Gasteiger partial charge in [0.15, 0.2) is 0 Å². The largest absolute Gasteiger partial charge is 0.271 e. The third-order valence-electron chi connectivity index (χ3n) is 2.52. The van der Waals surface area contributed by atoms with Crippen LogP contribution in [-0.4, -0.2) is 19.7 Å². The molecule has 7 heteroatoms. The molecule has 2 rings (SSSR count). The highest BCUT2D eigenvalue weighted by molar-refractivity contribution is 5.16. The van der Waals surface area contributed by atoms with Crippen LogP contribution in [0.4, 0.5) is 4.39 Å². The van der Waals surface area contributed by atoms with Crippen molar-refractivity contribution >= 4 is 0 Å². The zero-order valence-electron chi connectivity index (χ0n) is 9.34. The lowest BCUT2D eigenvalue weighted by Gasteiger charge is -2.15. The van der Waals surface area contributed by atoms with Crippen molar-refractivity contribution in [1.29, 1.82) is 0 Å². The van der Waals surface area contributed by atoms with E-state index in [4.69, 9.17) is 5.84 Å². The molecule has 0 fully saturated rings. The van der Waals surface area contributed by atoms with E-state index in [1.807, 2.05) is 0 Å². The Balaban J connectivity index is 2.20. The number of nitrogens with one attached hydrogen (secondary N) is 1. The van der Waals surface area contributed by atoms with Crippen LogP contribution in [0.1, 0.15) is 17.4 Å². The Kier molecular flexibility index (Phi) is 3.40. The predicted molar refractivity (Wildman–Crippen MR) is 59.0 cm³/mol. The maximum atomic E-state index is 13.1. The van der Waals surface area contributed by atoms with E-state index in [2.05, 4.69) is 20.5 Å². The van der Waals surface area contributed by atoms with Crippen LogP contribution in [0.15, 0.2) is 24.8 Å². The fourth-order valence-corrected chi connectivity index (χ4v) is 1.58. The lowest BCUT2D eigenvalue weighted by Crippen LogP contribution is -2.30. The molecule has 6 nitrogen and oxygen atoms in total. The molecule has 2 aromatic rings. The molecule has 0 aliphatic heterocycles. The van der Waals surface area contributed by atoms with E-state index in [1.165, 1.54) is 12.4 Å². The summed E-state index contributed by atoms with van der Waals surface area (Å²) in [6.07, 6.45) is 4.70. The molecule has 1 atom stereocenters. The van der Waals surface area contributed by atoms with E-state index in [0.29, 0.717) is 12.0 Å². The van der Waals surface area contributed by atoms with E-state index >= 15 is 0 Å². The van der Waals surface area contributed by atoms with Gasteiger partial charge in [0.2, 0.25) is 0 Å². The van der Waals surface area contributed by atoms with Crippen LogP contribution in [0.2, 0.25) is 0 Å². The second-order valence-electron chi connectivity index (χ2n) is 3.66. The van der Waals surface area contributed by atoms with Crippen molar-refractivity contribution < 1.29 is 4.39 Å². The monoisotopic (exact) mass is 236 g/mol. The SMILES string of the molecule is Cn1ncnc1CC(NN)c1cncc(F)c1. The summed E-state index contributed by atoms with van der Waals surface area (Å²) >= 11 is 0. The molecule has 0 bridgehead atoms. The van der Waals surface area contributed by atoms with E-state index in [9.17, 15) is 4.39 Å². The molecule has 0 aliphatic carbocycles. The van der Waals surface area contributed by atoms with Gasteiger partial charge in [-0.15, -0.1) is 0 Å². The molecule has 0 saturated heterocycles. The number of aromatic nitrogens is 4. The third kappa shape index (κ3) is 2.63. The highest BCUT2D eigenvalue weighted by Gasteiger charge is 2.14. The second kappa shape index (κ2) is 4.98. The van der Waals surface area contributed by atoms with Crippen LogP contribution in [0.5, 0.6) is 0 Å². The smallest absolute Gasteiger partial charge is 0.141 e. The first-order valence-electron chi connectivity index (χ1n) is 5.10. The summed E-state index contributed by atoms with van der Waals surface area (Å²) in [4.78, 5) is 7.88. The van der Waals surface area contributed by atoms with Gasteiger partial charge >= 0.3 is 0 Å². The molecule has 17 heavy (non-hydrogen) atoms. The summed E-state index contributed by atoms with van der Waals surface area (Å²) in [5, 5.41) is 3.96. The topological polar surface area (TPSA) is 81.7 Å². The molecular formula is C10H13FN6. The second-order valence-corrected chi connectivity index (χ2v) is 3.66. The van der Waals surface area contributed by atoms with Gasteiger partial charge in [-0.25, -0.2) is 9.37 Å². The number of halogens is 1. The van der Waals surface area contributed by atoms with E-state index in [1.54, 1.807) is 17.9 Å². The molecule has 2 heterocycles. The summed E-state index contributed by atoms with van der Waals surface area (Å²) in [5.74, 6) is 5.84. The Bertz CT molecular complexity index is 497. The van der Waals surface area contributed by atoms with Crippen LogP contribution in [-0.2, 0) is 13.5 Å². The number of hydrogen-bond donors (Lipinski definition) is 2. The zero-order chi connectivity index (χ0) is 12.3. The number of pyridine rings is 1. The Morgan fingerprint density at radius 3 is 2.94 bits per heavy atom. The Morgan fingerprint density at radius 1 is 1.53 bits per heavy atom. The standard InChI is InChI=1S/C10H13FN6/c1-17-10(14-6-15-17)3-9(16-12)7-2-8(11)5-13-4-7/h2,4-6,9,16H,3,12H2,1H3. The maximum Gasteiger partial charge on any atom is 0.141 e. The average Bonchev–Trinajstić information content (AvgIpc) is 2.71. The van der Waals surface area contributed by atoms with Gasteiger partial charge < -0.3 is 0 Å². The average molecular weight is 236 g/mol. The Labute approximate surface area is 97.7 Å². The molecule has 90 valence electrons. The van der Waals surface area contributed by atoms with Crippen molar-refractivity contribution in [3.8, 4) is 0 Å². The zero-order valence-corrected chi connectivity index (χ0v) is 9.34. The number of aryl methyl sites for hydroxylation is 1. The molecule has 0 aliphatic rings. The fraction of sp³-hybridized carbons (Fsp3) is 0.300. The molecule has 1 unspecified atom stereocenters. The number of hydrazine groups is 1. The minimum atomic E-state index is -0.388. The van der Waals surface area contributed by atoms with E-state index in [0.717, 1.165) is 12.0 Å². The molecule has 0 radical (unpaired) electrons. The number of hydrogen-bond acceptors (Lipinski definition) is 5. The van der Waals surface area contributed by atoms with Gasteiger partial charge in [0, 0.05) is 19.7 Å². The fourth-order valence-electron chi connectivity index (χ4n) is 1.58. The first-order valence-corrected chi connectivity index (χ1v) is 5.10. The Morgan fingerprint density at radius 2 is 2.35 bits per heavy atom. The highest BCUT2D eigenvalue weighted by atomic mass is 19.1. The van der Waals surface area contributed by atoms with Crippen molar-refractivity contribution in [3.05, 3.63) is 42.0 Å². The minimum absolute atomic E-state index is 0.249. The van der Waals surface area contributed by atoms with Gasteiger partial charge in [-0.1, -0.05) is 0 Å². The van der Waals surface area contributed by atoms with Gasteiger partial charge in [0.05, 0.1) is 12.2 Å². The van der Waals surface area contributed by atoms with Gasteiger partial charge in [-0.3, -0.25) is 20.9 Å². The first kappa shape index (κ1) is 11.6. The number of nitrogens with two attached hydrogens (primary N) is 1. The summed E-state index contributed by atoms with van der Waals surface area (Å²) in [5.41, 5.74) is 3.30. The van der Waals surface area contributed by atoms with Crippen molar-refractivity contribution in [2.45, 2.75) is 12.5 Å². The van der Waals surface area contributed by atoms with Crippen molar-refractivity contribution in [2.24, 2.45) is 12.9 Å². The summed E-state index contributed by atoms with van der Waals surface area (Å²) < 4.78 is 14.7. The van der Waals surface area contributed by atoms with Crippen LogP contribution < -0.4 is 11.3 Å². The normalized spacial score (nSPS) is 12.6. The highest BCUT2D eigenvalue weighted by Crippen LogP contribution is 2.16. The van der Waals surface area contributed by atoms with Crippen molar-refractivity contribution in [1.82, 2.24) is 25.2 Å². The summed E-state index contributed by atoms with van der Waals surface area (Å²) in [6.45, 7) is 0. The third-order valence-corrected chi connectivity index (χ3v) is 2.52. The number of rotatable bonds is 4. The molecular weight excluding hydrogens is 223 g/mol. The van der Waals surface area contributed by atoms with Gasteiger partial charge in [-0.2, -0.15) is 5.10 Å². The molecule has 0 aromatic carbocycles. The van der Waals surface area contributed by atoms with Crippen molar-refractivity contribution in [2.75, 3.05) is 0 Å². The lowest BCUT2D eigenvalue weighted by atomic mass is 10.1. The lowest BCUT2D eigenvalue weighted by molar-refractivity contribution is 0.516. The first-order chi connectivity index (χ1) is 8.20. The van der Waals surface area contributed by atoms with Crippen LogP contribution >= 0.6 is 0 Å². The summed E-state index contributed by atoms with van der Waals surface area (Å²) in [6, 6.07) is 1.15. The molecule has 0 spiro atoms. The quantitative estimate of drug-likeness (QED) is 0.581. The summed E-state index contributed by atoms with van der Waals surface area (Å²) in [7, 11) is 1.79. The Hall–Kier alpha value is -1.86. The molecule has 2 aromatic heterocycles. The van der Waals surface area contributed by atoms with E-state index < -0.39 is 0 Å². The minimum Gasteiger partial charge on any atom is -0.271 e. The van der Waals surface area contributed by atoms with Crippen LogP contribution in [0.25, 0.3) is 0 Å². The van der Waals surface area contributed by atoms with Crippen LogP contribution in [0.3, 0.4) is 0 Å². The number of nitrogens with zero attached hydrogens (tertiary/aromatic N) is 4. The molecule has 0 amide bonds. The maximum absolute atomic E-state index is 13.1. The predicted octanol–water partition coefficient (Wildman–Crippen LogP) is 0.0963. The molecule has 3 N–H and O–H groups in total. The van der Waals surface area contributed by atoms with Crippen molar-refractivity contribution in [3.63, 3.8) is 0 Å². The van der Waals surface area contributed by atoms with E-state index in [-0.39, 0.29) is 11.9 Å². The van der Waals surface area contributed by atoms with Gasteiger partial charge in [-0.05, 0) is 11.6 Å². The van der Waals surface area contributed by atoms with Gasteiger partial charge in [0.1, 0.15) is 18.0 Å². The van der Waals surface area contributed by atoms with Gasteiger partial charge in [0.25, 0.3) is 0 Å².